The van der Waals surface area contributed by atoms with Crippen molar-refractivity contribution in [3.8, 4) is 0 Å². The van der Waals surface area contributed by atoms with Gasteiger partial charge in [-0.1, -0.05) is 0 Å². The highest BCUT2D eigenvalue weighted by Gasteiger charge is 2.25. The smallest absolute Gasteiger partial charge is 0.354 e. The molecule has 1 fully saturated rings. The number of hydrogen-bond donors (Lipinski definition) is 2. The Morgan fingerprint density at radius 2 is 2.24 bits per heavy atom. The van der Waals surface area contributed by atoms with Crippen molar-refractivity contribution >= 4 is 11.9 Å². The molecule has 2 rings (SSSR count). The van der Waals surface area contributed by atoms with E-state index in [4.69, 9.17) is 9.84 Å². The van der Waals surface area contributed by atoms with Gasteiger partial charge < -0.3 is 19.7 Å². The monoisotopic (exact) mass is 239 g/mol. The summed E-state index contributed by atoms with van der Waals surface area (Å²) in [6.07, 6.45) is 1.96. The van der Waals surface area contributed by atoms with Crippen LogP contribution in [0.5, 0.6) is 0 Å². The average molecular weight is 239 g/mol. The molecule has 0 aliphatic carbocycles. The Balaban J connectivity index is 2.17. The van der Waals surface area contributed by atoms with E-state index in [1.807, 2.05) is 0 Å². The predicted molar refractivity (Wildman–Crippen MR) is 56.9 cm³/mol. The number of imidazole rings is 1. The van der Waals surface area contributed by atoms with E-state index in [0.29, 0.717) is 26.3 Å². The van der Waals surface area contributed by atoms with Crippen LogP contribution in [0.3, 0.4) is 0 Å². The molecule has 1 amide bonds. The van der Waals surface area contributed by atoms with Gasteiger partial charge in [-0.05, 0) is 6.42 Å². The Bertz CT molecular complexity index is 421. The molecule has 0 unspecified atom stereocenters. The first kappa shape index (κ1) is 11.6. The first-order valence-electron chi connectivity index (χ1n) is 5.34. The second-order valence-electron chi connectivity index (χ2n) is 3.69. The molecule has 2 heterocycles. The molecular weight excluding hydrogens is 226 g/mol. The van der Waals surface area contributed by atoms with Crippen molar-refractivity contribution < 1.29 is 19.4 Å². The van der Waals surface area contributed by atoms with Crippen molar-refractivity contribution in [1.82, 2.24) is 14.9 Å². The van der Waals surface area contributed by atoms with Gasteiger partial charge in [-0.15, -0.1) is 0 Å². The Labute approximate surface area is 97.4 Å². The van der Waals surface area contributed by atoms with Crippen LogP contribution < -0.4 is 0 Å². The number of aromatic carboxylic acids is 1. The van der Waals surface area contributed by atoms with Crippen molar-refractivity contribution in [1.29, 1.82) is 0 Å². The molecule has 1 aliphatic heterocycles. The molecule has 17 heavy (non-hydrogen) atoms. The number of carbonyl (C=O) groups is 2. The molecule has 0 atom stereocenters. The highest BCUT2D eigenvalue weighted by molar-refractivity contribution is 6.02. The lowest BCUT2D eigenvalue weighted by atomic mass is 10.2. The molecule has 1 aliphatic rings. The lowest BCUT2D eigenvalue weighted by Gasteiger charge is -2.18. The molecule has 1 saturated heterocycles. The van der Waals surface area contributed by atoms with Crippen LogP contribution in [-0.4, -0.2) is 58.2 Å². The summed E-state index contributed by atoms with van der Waals surface area (Å²) >= 11 is 0. The van der Waals surface area contributed by atoms with E-state index in [-0.39, 0.29) is 17.3 Å². The van der Waals surface area contributed by atoms with Crippen LogP contribution in [-0.2, 0) is 4.74 Å². The number of aromatic amines is 1. The molecule has 2 N–H and O–H groups in total. The lowest BCUT2D eigenvalue weighted by Crippen LogP contribution is -2.34. The van der Waals surface area contributed by atoms with E-state index in [1.54, 1.807) is 4.90 Å². The minimum Gasteiger partial charge on any atom is -0.477 e. The largest absolute Gasteiger partial charge is 0.477 e. The molecule has 1 aromatic rings. The highest BCUT2D eigenvalue weighted by Crippen LogP contribution is 2.09. The van der Waals surface area contributed by atoms with Gasteiger partial charge in [0.25, 0.3) is 5.91 Å². The number of carbonyl (C=O) groups excluding carboxylic acids is 1. The quantitative estimate of drug-likeness (QED) is 0.755. The van der Waals surface area contributed by atoms with Crippen molar-refractivity contribution in [2.24, 2.45) is 0 Å². The van der Waals surface area contributed by atoms with Gasteiger partial charge in [0.05, 0.1) is 12.9 Å². The van der Waals surface area contributed by atoms with E-state index >= 15 is 0 Å². The van der Waals surface area contributed by atoms with E-state index < -0.39 is 5.97 Å². The van der Waals surface area contributed by atoms with Gasteiger partial charge >= 0.3 is 5.97 Å². The van der Waals surface area contributed by atoms with E-state index in [2.05, 4.69) is 9.97 Å². The molecule has 0 radical (unpaired) electrons. The van der Waals surface area contributed by atoms with Crippen molar-refractivity contribution in [2.45, 2.75) is 6.42 Å². The van der Waals surface area contributed by atoms with E-state index in [9.17, 15) is 9.59 Å². The van der Waals surface area contributed by atoms with Gasteiger partial charge in [0.1, 0.15) is 0 Å². The number of rotatable bonds is 2. The summed E-state index contributed by atoms with van der Waals surface area (Å²) in [6.45, 7) is 2.12. The van der Waals surface area contributed by atoms with Crippen molar-refractivity contribution in [2.75, 3.05) is 26.3 Å². The minimum absolute atomic E-state index is 0.0422. The molecule has 7 heteroatoms. The maximum atomic E-state index is 12.1. The van der Waals surface area contributed by atoms with Crippen LogP contribution in [0, 0.1) is 0 Å². The van der Waals surface area contributed by atoms with Crippen LogP contribution in [0.1, 0.15) is 27.4 Å². The summed E-state index contributed by atoms with van der Waals surface area (Å²) in [7, 11) is 0. The lowest BCUT2D eigenvalue weighted by molar-refractivity contribution is 0.0666. The highest BCUT2D eigenvalue weighted by atomic mass is 16.5. The van der Waals surface area contributed by atoms with Gasteiger partial charge in [0.2, 0.25) is 0 Å². The normalized spacial score (nSPS) is 16.6. The van der Waals surface area contributed by atoms with E-state index in [1.165, 1.54) is 6.33 Å². The van der Waals surface area contributed by atoms with Crippen LogP contribution in [0.2, 0.25) is 0 Å². The molecular formula is C10H13N3O4. The zero-order valence-electron chi connectivity index (χ0n) is 9.18. The van der Waals surface area contributed by atoms with Gasteiger partial charge in [0, 0.05) is 19.7 Å². The Hall–Kier alpha value is -1.89. The topological polar surface area (TPSA) is 95.5 Å². The standard InChI is InChI=1S/C10H13N3O4/c14-9(13-2-1-4-17-5-3-13)7-8(10(15)16)12-6-11-7/h6H,1-5H2,(H,11,12)(H,15,16). The number of carboxylic acid groups (broad SMARTS) is 1. The van der Waals surface area contributed by atoms with Gasteiger partial charge in [-0.25, -0.2) is 9.78 Å². The van der Waals surface area contributed by atoms with Gasteiger partial charge in [0.15, 0.2) is 11.4 Å². The fourth-order valence-electron chi connectivity index (χ4n) is 1.72. The zero-order valence-corrected chi connectivity index (χ0v) is 9.18. The van der Waals surface area contributed by atoms with Crippen LogP contribution in [0.4, 0.5) is 0 Å². The third-order valence-corrected chi connectivity index (χ3v) is 2.57. The van der Waals surface area contributed by atoms with Crippen LogP contribution >= 0.6 is 0 Å². The first-order chi connectivity index (χ1) is 8.20. The Morgan fingerprint density at radius 1 is 1.41 bits per heavy atom. The number of nitrogens with one attached hydrogen (secondary N) is 1. The number of carboxylic acids is 1. The first-order valence-corrected chi connectivity index (χ1v) is 5.34. The zero-order chi connectivity index (χ0) is 12.3. The van der Waals surface area contributed by atoms with Crippen LogP contribution in [0.15, 0.2) is 6.33 Å². The Morgan fingerprint density at radius 3 is 3.00 bits per heavy atom. The summed E-state index contributed by atoms with van der Waals surface area (Å²) in [4.78, 5) is 30.7. The molecule has 0 spiro atoms. The number of aromatic nitrogens is 2. The SMILES string of the molecule is O=C(O)c1[nH]cnc1C(=O)N1CCCOCC1. The van der Waals surface area contributed by atoms with E-state index in [0.717, 1.165) is 6.42 Å². The summed E-state index contributed by atoms with van der Waals surface area (Å²) in [6, 6.07) is 0. The maximum absolute atomic E-state index is 12.1. The fourth-order valence-corrected chi connectivity index (χ4v) is 1.72. The van der Waals surface area contributed by atoms with Crippen molar-refractivity contribution in [3.05, 3.63) is 17.7 Å². The summed E-state index contributed by atoms with van der Waals surface area (Å²) in [5, 5.41) is 8.89. The fraction of sp³-hybridized carbons (Fsp3) is 0.500. The summed E-state index contributed by atoms with van der Waals surface area (Å²) in [5.74, 6) is -1.55. The number of amides is 1. The third-order valence-electron chi connectivity index (χ3n) is 2.57. The van der Waals surface area contributed by atoms with Gasteiger partial charge in [-0.3, -0.25) is 4.79 Å². The number of ether oxygens (including phenoxy) is 1. The second-order valence-corrected chi connectivity index (χ2v) is 3.69. The minimum atomic E-state index is -1.18. The number of hydrogen-bond acceptors (Lipinski definition) is 4. The average Bonchev–Trinajstić information content (AvgIpc) is 2.64. The summed E-state index contributed by atoms with van der Waals surface area (Å²) < 4.78 is 5.23. The molecule has 0 bridgehead atoms. The van der Waals surface area contributed by atoms with Gasteiger partial charge in [-0.2, -0.15) is 0 Å². The molecule has 1 aromatic heterocycles. The third kappa shape index (κ3) is 2.44. The summed E-state index contributed by atoms with van der Waals surface area (Å²) in [5.41, 5.74) is -0.209. The molecule has 92 valence electrons. The molecule has 0 aromatic carbocycles. The van der Waals surface area contributed by atoms with Crippen LogP contribution in [0.25, 0.3) is 0 Å². The van der Waals surface area contributed by atoms with Crippen molar-refractivity contribution in [3.63, 3.8) is 0 Å². The number of H-pyrrole nitrogens is 1. The Kier molecular flexibility index (Phi) is 3.38. The molecule has 0 saturated carbocycles. The molecule has 7 nitrogen and oxygen atoms in total. The predicted octanol–water partition coefficient (Wildman–Crippen LogP) is -0.0296. The second kappa shape index (κ2) is 4.96. The number of nitrogens with zero attached hydrogens (tertiary/aromatic N) is 2. The maximum Gasteiger partial charge on any atom is 0.354 e.